The fraction of sp³-hybridized carbons (Fsp3) is 0.450. The minimum Gasteiger partial charge on any atom is -0.364 e. The number of nitrogens with zero attached hydrogens (tertiary/aromatic N) is 4. The number of primary amides is 1. The van der Waals surface area contributed by atoms with Gasteiger partial charge in [-0.25, -0.2) is 4.98 Å². The van der Waals surface area contributed by atoms with Gasteiger partial charge in [-0.2, -0.15) is 4.98 Å². The van der Waals surface area contributed by atoms with Crippen molar-refractivity contribution in [1.82, 2.24) is 25.1 Å². The third-order valence-electron chi connectivity index (χ3n) is 5.48. The molecule has 158 valence electrons. The first-order chi connectivity index (χ1) is 14.4. The lowest BCUT2D eigenvalue weighted by molar-refractivity contribution is 0.0995. The van der Waals surface area contributed by atoms with Crippen LogP contribution >= 0.6 is 0 Å². The van der Waals surface area contributed by atoms with E-state index in [-0.39, 0.29) is 23.6 Å². The van der Waals surface area contributed by atoms with Crippen LogP contribution in [0.1, 0.15) is 54.5 Å². The Balaban J connectivity index is 1.65. The zero-order valence-corrected chi connectivity index (χ0v) is 17.2. The number of H-pyrrole nitrogens is 1. The van der Waals surface area contributed by atoms with Crippen molar-refractivity contribution < 1.29 is 4.79 Å². The number of fused-ring (bicyclic) bond motifs is 1. The molecule has 30 heavy (non-hydrogen) atoms. The van der Waals surface area contributed by atoms with E-state index in [1.807, 2.05) is 26.0 Å². The van der Waals surface area contributed by atoms with Crippen molar-refractivity contribution in [2.75, 3.05) is 10.6 Å². The van der Waals surface area contributed by atoms with Crippen LogP contribution < -0.4 is 22.1 Å². The van der Waals surface area contributed by atoms with Gasteiger partial charge in [0.1, 0.15) is 5.82 Å². The van der Waals surface area contributed by atoms with Crippen molar-refractivity contribution in [2.24, 2.45) is 11.5 Å². The molecule has 4 rings (SSSR count). The summed E-state index contributed by atoms with van der Waals surface area (Å²) in [5.41, 5.74) is 15.2. The molecule has 1 aromatic carbocycles. The molecule has 10 nitrogen and oxygen atoms in total. The van der Waals surface area contributed by atoms with Gasteiger partial charge in [-0.15, -0.1) is 10.2 Å². The molecular weight excluding hydrogens is 382 g/mol. The van der Waals surface area contributed by atoms with E-state index < -0.39 is 5.91 Å². The largest absolute Gasteiger partial charge is 0.364 e. The molecule has 1 aliphatic rings. The van der Waals surface area contributed by atoms with Crippen molar-refractivity contribution in [3.8, 4) is 0 Å². The van der Waals surface area contributed by atoms with E-state index in [1.54, 1.807) is 0 Å². The number of nitrogens with one attached hydrogen (secondary N) is 3. The lowest BCUT2D eigenvalue weighted by Crippen LogP contribution is -2.43. The Morgan fingerprint density at radius 1 is 1.23 bits per heavy atom. The van der Waals surface area contributed by atoms with E-state index in [1.165, 1.54) is 0 Å². The average Bonchev–Trinajstić information content (AvgIpc) is 3.14. The van der Waals surface area contributed by atoms with Crippen LogP contribution in [-0.2, 0) is 6.42 Å². The van der Waals surface area contributed by atoms with Gasteiger partial charge in [0.05, 0.1) is 11.0 Å². The monoisotopic (exact) mass is 409 g/mol. The molecule has 2 heterocycles. The number of amides is 1. The van der Waals surface area contributed by atoms with E-state index >= 15 is 0 Å². The van der Waals surface area contributed by atoms with E-state index in [4.69, 9.17) is 11.5 Å². The Bertz CT molecular complexity index is 1080. The number of hydrogen-bond acceptors (Lipinski definition) is 8. The highest BCUT2D eigenvalue weighted by Crippen LogP contribution is 2.26. The second-order valence-electron chi connectivity index (χ2n) is 7.75. The Kier molecular flexibility index (Phi) is 5.49. The van der Waals surface area contributed by atoms with Crippen LogP contribution in [0.5, 0.6) is 0 Å². The summed E-state index contributed by atoms with van der Waals surface area (Å²) in [5.74, 6) is 0.781. The first kappa shape index (κ1) is 20.0. The van der Waals surface area contributed by atoms with E-state index in [0.717, 1.165) is 60.2 Å². The van der Waals surface area contributed by atoms with Crippen LogP contribution in [0.15, 0.2) is 12.1 Å². The predicted molar refractivity (Wildman–Crippen MR) is 116 cm³/mol. The molecule has 1 amide bonds. The molecule has 1 aliphatic carbocycles. The summed E-state index contributed by atoms with van der Waals surface area (Å²) in [4.78, 5) is 24.2. The standard InChI is InChI=1S/C20H27N9O/c1-3-15-24-14-9-11(8-10(2)16(14)26-15)23-19-17(18(22)30)28-29-20(27-19)25-13-7-5-4-6-12(13)21/h8-9,12-13H,3-7,21H2,1-2H3,(H2,22,30)(H,24,26)(H2,23,25,27,29)/t12-,13+/m0/s1. The number of aryl methyl sites for hydroxylation is 2. The summed E-state index contributed by atoms with van der Waals surface area (Å²) in [6.07, 6.45) is 4.95. The number of hydrogen-bond donors (Lipinski definition) is 5. The van der Waals surface area contributed by atoms with Crippen LogP contribution in [0.3, 0.4) is 0 Å². The second kappa shape index (κ2) is 8.23. The minimum absolute atomic E-state index is 0.0231. The Morgan fingerprint density at radius 2 is 2.03 bits per heavy atom. The molecule has 7 N–H and O–H groups in total. The maximum atomic E-state index is 11.9. The summed E-state index contributed by atoms with van der Waals surface area (Å²) < 4.78 is 0. The number of imidazole rings is 1. The van der Waals surface area contributed by atoms with Gasteiger partial charge < -0.3 is 27.1 Å². The Morgan fingerprint density at radius 3 is 2.77 bits per heavy atom. The molecule has 0 spiro atoms. The number of anilines is 3. The molecule has 1 fully saturated rings. The number of benzene rings is 1. The normalized spacial score (nSPS) is 19.0. The van der Waals surface area contributed by atoms with Gasteiger partial charge in [-0.1, -0.05) is 19.8 Å². The summed E-state index contributed by atoms with van der Waals surface area (Å²) in [7, 11) is 0. The van der Waals surface area contributed by atoms with Crippen LogP contribution in [0, 0.1) is 6.92 Å². The SMILES string of the molecule is CCc1nc2c(C)cc(Nc3nc(N[C@@H]4CCCC[C@@H]4N)nnc3C(N)=O)cc2[nH]1. The molecule has 10 heteroatoms. The summed E-state index contributed by atoms with van der Waals surface area (Å²) >= 11 is 0. The molecule has 3 aromatic rings. The van der Waals surface area contributed by atoms with Gasteiger partial charge in [0.2, 0.25) is 5.95 Å². The second-order valence-corrected chi connectivity index (χ2v) is 7.75. The first-order valence-electron chi connectivity index (χ1n) is 10.3. The van der Waals surface area contributed by atoms with Gasteiger partial charge in [0, 0.05) is 24.2 Å². The maximum absolute atomic E-state index is 11.9. The Hall–Kier alpha value is -3.27. The molecule has 0 unspecified atom stereocenters. The number of nitrogens with two attached hydrogens (primary N) is 2. The molecule has 2 atom stereocenters. The average molecular weight is 409 g/mol. The molecule has 0 radical (unpaired) electrons. The van der Waals surface area contributed by atoms with Crippen molar-refractivity contribution >= 4 is 34.4 Å². The highest BCUT2D eigenvalue weighted by Gasteiger charge is 2.23. The zero-order valence-electron chi connectivity index (χ0n) is 17.2. The van der Waals surface area contributed by atoms with Gasteiger partial charge in [-0.05, 0) is 37.5 Å². The van der Waals surface area contributed by atoms with Crippen LogP contribution in [0.4, 0.5) is 17.5 Å². The number of rotatable bonds is 6. The van der Waals surface area contributed by atoms with E-state index in [0.29, 0.717) is 5.95 Å². The summed E-state index contributed by atoms with van der Waals surface area (Å²) in [6.45, 7) is 4.03. The zero-order chi connectivity index (χ0) is 21.3. The van der Waals surface area contributed by atoms with Crippen LogP contribution in [0.2, 0.25) is 0 Å². The first-order valence-corrected chi connectivity index (χ1v) is 10.3. The van der Waals surface area contributed by atoms with Gasteiger partial charge in [-0.3, -0.25) is 4.79 Å². The van der Waals surface area contributed by atoms with Crippen LogP contribution in [0.25, 0.3) is 11.0 Å². The fourth-order valence-corrected chi connectivity index (χ4v) is 3.86. The third-order valence-corrected chi connectivity index (χ3v) is 5.48. The predicted octanol–water partition coefficient (Wildman–Crippen LogP) is 2.14. The van der Waals surface area contributed by atoms with Crippen molar-refractivity contribution in [1.29, 1.82) is 0 Å². The number of aromatic nitrogens is 5. The molecule has 0 bridgehead atoms. The topological polar surface area (TPSA) is 161 Å². The lowest BCUT2D eigenvalue weighted by atomic mass is 9.91. The van der Waals surface area contributed by atoms with Crippen molar-refractivity contribution in [2.45, 2.75) is 58.0 Å². The summed E-state index contributed by atoms with van der Waals surface area (Å²) in [6, 6.07) is 3.97. The molecular formula is C20H27N9O. The van der Waals surface area contributed by atoms with Gasteiger partial charge in [0.15, 0.2) is 11.5 Å². The molecule has 1 saturated carbocycles. The third kappa shape index (κ3) is 4.04. The summed E-state index contributed by atoms with van der Waals surface area (Å²) in [5, 5.41) is 14.4. The molecule has 2 aromatic heterocycles. The quantitative estimate of drug-likeness (QED) is 0.414. The Labute approximate surface area is 174 Å². The molecule has 0 aliphatic heterocycles. The highest BCUT2D eigenvalue weighted by atomic mass is 16.1. The van der Waals surface area contributed by atoms with Gasteiger partial charge in [0.25, 0.3) is 5.91 Å². The highest BCUT2D eigenvalue weighted by molar-refractivity contribution is 5.96. The van der Waals surface area contributed by atoms with E-state index in [9.17, 15) is 4.79 Å². The van der Waals surface area contributed by atoms with Gasteiger partial charge >= 0.3 is 0 Å². The minimum atomic E-state index is -0.703. The van der Waals surface area contributed by atoms with Crippen LogP contribution in [-0.4, -0.2) is 43.1 Å². The number of carbonyl (C=O) groups is 1. The fourth-order valence-electron chi connectivity index (χ4n) is 3.86. The maximum Gasteiger partial charge on any atom is 0.273 e. The number of aromatic amines is 1. The lowest BCUT2D eigenvalue weighted by Gasteiger charge is -2.29. The van der Waals surface area contributed by atoms with Crippen molar-refractivity contribution in [3.05, 3.63) is 29.2 Å². The molecule has 0 saturated heterocycles. The van der Waals surface area contributed by atoms with E-state index in [2.05, 4.69) is 35.8 Å². The number of carbonyl (C=O) groups excluding carboxylic acids is 1. The smallest absolute Gasteiger partial charge is 0.273 e. The van der Waals surface area contributed by atoms with Crippen molar-refractivity contribution in [3.63, 3.8) is 0 Å².